The maximum absolute atomic E-state index is 8.77. The van der Waals surface area contributed by atoms with Crippen molar-refractivity contribution < 1.29 is 4.74 Å². The highest BCUT2D eigenvalue weighted by atomic mass is 16.5. The molecule has 0 aliphatic rings. The number of nitrogens with one attached hydrogen (secondary N) is 1. The third-order valence-electron chi connectivity index (χ3n) is 2.38. The highest BCUT2D eigenvalue weighted by Crippen LogP contribution is 2.29. The summed E-state index contributed by atoms with van der Waals surface area (Å²) in [4.78, 5) is 3.16. The lowest BCUT2D eigenvalue weighted by molar-refractivity contribution is 0.245. The average Bonchev–Trinajstić information content (AvgIpc) is 2.62. The van der Waals surface area contributed by atoms with Gasteiger partial charge in [0.25, 0.3) is 0 Å². The molecule has 1 heterocycles. The molecule has 0 atom stereocenters. The predicted octanol–water partition coefficient (Wildman–Crippen LogP) is 3.02. The summed E-state index contributed by atoms with van der Waals surface area (Å²) in [7, 11) is 0. The fourth-order valence-electron chi connectivity index (χ4n) is 1.80. The quantitative estimate of drug-likeness (QED) is 0.853. The molecule has 2 aromatic rings. The van der Waals surface area contributed by atoms with Gasteiger partial charge in [-0.3, -0.25) is 0 Å². The van der Waals surface area contributed by atoms with Crippen molar-refractivity contribution in [3.05, 3.63) is 30.0 Å². The average molecular weight is 214 g/mol. The van der Waals surface area contributed by atoms with E-state index in [9.17, 15) is 0 Å². The smallest absolute Gasteiger partial charge is 0.129 e. The standard InChI is InChI=1S/C13H14N2O/c1-9(2)16-12-5-3-4-11-13(12)10(6-7-14)8-15-11/h3-5,8-9,15H,6H2,1-2H3. The SMILES string of the molecule is CC(C)Oc1cccc2[nH]cc(CC#N)c12. The number of aromatic amines is 1. The lowest BCUT2D eigenvalue weighted by Crippen LogP contribution is -2.05. The summed E-state index contributed by atoms with van der Waals surface area (Å²) in [6, 6.07) is 8.05. The van der Waals surface area contributed by atoms with Crippen molar-refractivity contribution in [1.82, 2.24) is 4.98 Å². The Morgan fingerprint density at radius 2 is 2.25 bits per heavy atom. The van der Waals surface area contributed by atoms with Gasteiger partial charge in [0.05, 0.1) is 18.6 Å². The summed E-state index contributed by atoms with van der Waals surface area (Å²) in [6.45, 7) is 3.99. The number of rotatable bonds is 3. The van der Waals surface area contributed by atoms with Crippen LogP contribution in [0.5, 0.6) is 5.75 Å². The summed E-state index contributed by atoms with van der Waals surface area (Å²) in [5.41, 5.74) is 2.01. The van der Waals surface area contributed by atoms with Crippen LogP contribution in [0.2, 0.25) is 0 Å². The number of fused-ring (bicyclic) bond motifs is 1. The lowest BCUT2D eigenvalue weighted by atomic mass is 10.1. The van der Waals surface area contributed by atoms with Crippen molar-refractivity contribution in [2.24, 2.45) is 0 Å². The summed E-state index contributed by atoms with van der Waals surface area (Å²) >= 11 is 0. The second-order valence-corrected chi connectivity index (χ2v) is 3.99. The molecule has 0 spiro atoms. The number of H-pyrrole nitrogens is 1. The van der Waals surface area contributed by atoms with E-state index < -0.39 is 0 Å². The van der Waals surface area contributed by atoms with E-state index >= 15 is 0 Å². The van der Waals surface area contributed by atoms with Gasteiger partial charge >= 0.3 is 0 Å². The van der Waals surface area contributed by atoms with Crippen molar-refractivity contribution >= 4 is 10.9 Å². The molecule has 0 fully saturated rings. The Hall–Kier alpha value is -1.95. The molecule has 3 nitrogen and oxygen atoms in total. The molecule has 82 valence electrons. The van der Waals surface area contributed by atoms with E-state index in [0.717, 1.165) is 22.2 Å². The summed E-state index contributed by atoms with van der Waals surface area (Å²) < 4.78 is 5.74. The highest BCUT2D eigenvalue weighted by Gasteiger charge is 2.10. The van der Waals surface area contributed by atoms with Crippen LogP contribution >= 0.6 is 0 Å². The molecular formula is C13H14N2O. The number of ether oxygens (including phenoxy) is 1. The Morgan fingerprint density at radius 1 is 1.44 bits per heavy atom. The normalized spacial score (nSPS) is 10.6. The maximum atomic E-state index is 8.77. The second-order valence-electron chi connectivity index (χ2n) is 3.99. The Kier molecular flexibility index (Phi) is 2.82. The van der Waals surface area contributed by atoms with E-state index in [-0.39, 0.29) is 6.10 Å². The Labute approximate surface area is 94.7 Å². The summed E-state index contributed by atoms with van der Waals surface area (Å²) in [5.74, 6) is 0.846. The number of nitrogens with zero attached hydrogens (tertiary/aromatic N) is 1. The van der Waals surface area contributed by atoms with Crippen LogP contribution in [0.15, 0.2) is 24.4 Å². The molecule has 1 N–H and O–H groups in total. The minimum Gasteiger partial charge on any atom is -0.490 e. The zero-order valence-electron chi connectivity index (χ0n) is 9.45. The largest absolute Gasteiger partial charge is 0.490 e. The molecule has 0 amide bonds. The minimum atomic E-state index is 0.135. The molecule has 1 aromatic carbocycles. The third-order valence-corrected chi connectivity index (χ3v) is 2.38. The van der Waals surface area contributed by atoms with Gasteiger partial charge in [0.15, 0.2) is 0 Å². The Morgan fingerprint density at radius 3 is 2.94 bits per heavy atom. The topological polar surface area (TPSA) is 48.8 Å². The van der Waals surface area contributed by atoms with Crippen LogP contribution in [-0.4, -0.2) is 11.1 Å². The van der Waals surface area contributed by atoms with Gasteiger partial charge in [0, 0.05) is 17.1 Å². The first-order chi connectivity index (χ1) is 7.72. The van der Waals surface area contributed by atoms with E-state index in [1.165, 1.54) is 0 Å². The van der Waals surface area contributed by atoms with Crippen molar-refractivity contribution in [1.29, 1.82) is 5.26 Å². The summed E-state index contributed by atoms with van der Waals surface area (Å²) in [6.07, 6.45) is 2.41. The van der Waals surface area contributed by atoms with Crippen LogP contribution < -0.4 is 4.74 Å². The molecule has 0 unspecified atom stereocenters. The van der Waals surface area contributed by atoms with E-state index in [1.807, 2.05) is 38.2 Å². The molecule has 0 saturated carbocycles. The van der Waals surface area contributed by atoms with Gasteiger partial charge in [-0.15, -0.1) is 0 Å². The number of aromatic nitrogens is 1. The van der Waals surface area contributed by atoms with Gasteiger partial charge in [-0.05, 0) is 31.5 Å². The molecule has 0 aliphatic carbocycles. The molecule has 1 aromatic heterocycles. The number of nitriles is 1. The van der Waals surface area contributed by atoms with Crippen LogP contribution in [0.25, 0.3) is 10.9 Å². The molecule has 0 aliphatic heterocycles. The van der Waals surface area contributed by atoms with Gasteiger partial charge in [-0.2, -0.15) is 5.26 Å². The van der Waals surface area contributed by atoms with Crippen LogP contribution in [0.3, 0.4) is 0 Å². The molecule has 0 saturated heterocycles. The van der Waals surface area contributed by atoms with Gasteiger partial charge in [-0.1, -0.05) is 6.07 Å². The zero-order valence-corrected chi connectivity index (χ0v) is 9.45. The Balaban J connectivity index is 2.55. The predicted molar refractivity (Wildman–Crippen MR) is 63.4 cm³/mol. The van der Waals surface area contributed by atoms with E-state index in [2.05, 4.69) is 11.1 Å². The van der Waals surface area contributed by atoms with Gasteiger partial charge in [0.2, 0.25) is 0 Å². The third kappa shape index (κ3) is 1.87. The molecule has 2 rings (SSSR count). The first-order valence-corrected chi connectivity index (χ1v) is 5.35. The number of hydrogen-bond acceptors (Lipinski definition) is 2. The number of benzene rings is 1. The molecular weight excluding hydrogens is 200 g/mol. The van der Waals surface area contributed by atoms with Crippen LogP contribution in [0.4, 0.5) is 0 Å². The van der Waals surface area contributed by atoms with E-state index in [1.54, 1.807) is 0 Å². The van der Waals surface area contributed by atoms with Gasteiger partial charge in [-0.25, -0.2) is 0 Å². The van der Waals surface area contributed by atoms with Crippen molar-refractivity contribution in [3.63, 3.8) is 0 Å². The van der Waals surface area contributed by atoms with Gasteiger partial charge < -0.3 is 9.72 Å². The zero-order chi connectivity index (χ0) is 11.5. The maximum Gasteiger partial charge on any atom is 0.129 e. The highest BCUT2D eigenvalue weighted by molar-refractivity contribution is 5.89. The lowest BCUT2D eigenvalue weighted by Gasteiger charge is -2.11. The second kappa shape index (κ2) is 4.28. The van der Waals surface area contributed by atoms with Gasteiger partial charge in [0.1, 0.15) is 5.75 Å². The molecule has 0 bridgehead atoms. The van der Waals surface area contributed by atoms with Crippen molar-refractivity contribution in [2.75, 3.05) is 0 Å². The van der Waals surface area contributed by atoms with Crippen LogP contribution in [0, 0.1) is 11.3 Å². The Bertz CT molecular complexity index is 534. The van der Waals surface area contributed by atoms with E-state index in [4.69, 9.17) is 10.00 Å². The van der Waals surface area contributed by atoms with Crippen LogP contribution in [-0.2, 0) is 6.42 Å². The molecule has 3 heteroatoms. The fourth-order valence-corrected chi connectivity index (χ4v) is 1.80. The minimum absolute atomic E-state index is 0.135. The molecule has 0 radical (unpaired) electrons. The summed E-state index contributed by atoms with van der Waals surface area (Å²) in [5, 5.41) is 9.79. The van der Waals surface area contributed by atoms with E-state index in [0.29, 0.717) is 6.42 Å². The molecule has 16 heavy (non-hydrogen) atoms. The van der Waals surface area contributed by atoms with Crippen LogP contribution in [0.1, 0.15) is 19.4 Å². The van der Waals surface area contributed by atoms with Crippen molar-refractivity contribution in [3.8, 4) is 11.8 Å². The fraction of sp³-hybridized carbons (Fsp3) is 0.308. The first kappa shape index (κ1) is 10.6. The monoisotopic (exact) mass is 214 g/mol. The first-order valence-electron chi connectivity index (χ1n) is 5.35. The van der Waals surface area contributed by atoms with Crippen molar-refractivity contribution in [2.45, 2.75) is 26.4 Å². The number of hydrogen-bond donors (Lipinski definition) is 1.